The molecule has 0 N–H and O–H groups in total. The van der Waals surface area contributed by atoms with Crippen LogP contribution in [0.15, 0.2) is 114 Å². The summed E-state index contributed by atoms with van der Waals surface area (Å²) in [5, 5.41) is 2.11. The monoisotopic (exact) mass is 1160 g/mol. The molecule has 1 heterocycles. The summed E-state index contributed by atoms with van der Waals surface area (Å²) >= 11 is -6.64. The Bertz CT molecular complexity index is 3070. The van der Waals surface area contributed by atoms with Crippen molar-refractivity contribution in [3.05, 3.63) is 170 Å². The van der Waals surface area contributed by atoms with Gasteiger partial charge in [-0.2, -0.15) is 0 Å². The van der Waals surface area contributed by atoms with E-state index >= 15 is 0 Å². The third-order valence-corrected chi connectivity index (χ3v) is 38.6. The number of fused-ring (bicyclic) bond motifs is 5. The average molecular weight is 1170 g/mol. The van der Waals surface area contributed by atoms with E-state index in [0.29, 0.717) is 49.5 Å². The van der Waals surface area contributed by atoms with E-state index in [9.17, 15) is 69.7 Å². The fraction of sp³-hybridized carbons (Fsp3) is 0.310. The van der Waals surface area contributed by atoms with Crippen LogP contribution in [0.25, 0.3) is 45.5 Å². The molecule has 0 aromatic heterocycles. The van der Waals surface area contributed by atoms with Crippen molar-refractivity contribution in [1.29, 1.82) is 0 Å². The molecule has 0 radical (unpaired) electrons. The third-order valence-electron chi connectivity index (χ3n) is 15.9. The molecular formula is C58H51Cl2F12SiZr. The normalized spacial score (nSPS) is 18.3. The van der Waals surface area contributed by atoms with Crippen LogP contribution in [0.2, 0.25) is 0 Å². The number of rotatable bonds is 11. The van der Waals surface area contributed by atoms with Crippen molar-refractivity contribution in [2.24, 2.45) is 11.8 Å². The summed E-state index contributed by atoms with van der Waals surface area (Å²) in [6.07, 6.45) is -15.3. The van der Waals surface area contributed by atoms with Crippen LogP contribution in [0.3, 0.4) is 0 Å². The van der Waals surface area contributed by atoms with Crippen molar-refractivity contribution < 1.29 is 69.1 Å². The molecule has 16 heteroatoms. The van der Waals surface area contributed by atoms with Crippen LogP contribution in [0.5, 0.6) is 0 Å². The average Bonchev–Trinajstić information content (AvgIpc) is 4.07. The van der Waals surface area contributed by atoms with Crippen LogP contribution in [-0.2, 0) is 53.9 Å². The zero-order valence-electron chi connectivity index (χ0n) is 41.1. The van der Waals surface area contributed by atoms with E-state index in [2.05, 4.69) is 6.07 Å². The topological polar surface area (TPSA) is 0 Å². The second-order valence-corrected chi connectivity index (χ2v) is 42.5. The number of hydrogen-bond donors (Lipinski definition) is 0. The second-order valence-electron chi connectivity index (χ2n) is 20.1. The van der Waals surface area contributed by atoms with E-state index in [4.69, 9.17) is 0 Å². The van der Waals surface area contributed by atoms with Crippen molar-refractivity contribution >= 4 is 52.3 Å². The molecule has 9 rings (SSSR count). The Morgan fingerprint density at radius 1 is 0.500 bits per heavy atom. The SMILES string of the molecule is CCc1ccc2c(c1-c1cc(C(F)(F)F)cc(C(F)(F)F)c1)C=C(C(C)CC)[CH]2[Zr]([Cl])([Cl])([c]1cccc2c1[SiH2]c1ccccc1-2)[CH]1C(C(C)CC)=Cc2c1ccc(CC)c2-c1cc(C(F)(F)F)cc(C(F)(F)F)c1. The first-order valence-electron chi connectivity index (χ1n) is 24.7. The van der Waals surface area contributed by atoms with Crippen molar-refractivity contribution in [3.8, 4) is 33.4 Å². The van der Waals surface area contributed by atoms with Gasteiger partial charge in [0.15, 0.2) is 0 Å². The predicted molar refractivity (Wildman–Crippen MR) is 274 cm³/mol. The Balaban J connectivity index is 1.43. The maximum atomic E-state index is 14.6. The van der Waals surface area contributed by atoms with E-state index in [1.54, 1.807) is 26.0 Å². The minimum absolute atomic E-state index is 0.106. The molecule has 0 amide bonds. The van der Waals surface area contributed by atoms with Crippen molar-refractivity contribution in [1.82, 2.24) is 0 Å². The molecular weight excluding hydrogens is 1110 g/mol. The van der Waals surface area contributed by atoms with Crippen molar-refractivity contribution in [3.63, 3.8) is 0 Å². The quantitative estimate of drug-likeness (QED) is 0.0894. The number of alkyl halides is 12. The van der Waals surface area contributed by atoms with Crippen LogP contribution in [0, 0.1) is 11.8 Å². The third kappa shape index (κ3) is 9.00. The van der Waals surface area contributed by atoms with Crippen molar-refractivity contribution in [2.75, 3.05) is 0 Å². The molecule has 3 aliphatic rings. The van der Waals surface area contributed by atoms with Gasteiger partial charge < -0.3 is 0 Å². The summed E-state index contributed by atoms with van der Waals surface area (Å²) in [5.41, 5.74) is 0.142. The summed E-state index contributed by atoms with van der Waals surface area (Å²) in [6.45, 7) is 11.4. The van der Waals surface area contributed by atoms with Gasteiger partial charge in [0.1, 0.15) is 0 Å². The summed E-state index contributed by atoms with van der Waals surface area (Å²) in [4.78, 5) is 0. The molecule has 0 saturated carbocycles. The second kappa shape index (κ2) is 19.0. The van der Waals surface area contributed by atoms with Gasteiger partial charge >= 0.3 is 436 Å². The van der Waals surface area contributed by atoms with Gasteiger partial charge in [-0.05, 0) is 0 Å². The van der Waals surface area contributed by atoms with Gasteiger partial charge in [0, 0.05) is 0 Å². The molecule has 4 unspecified atom stereocenters. The maximum absolute atomic E-state index is 14.6. The first kappa shape index (κ1) is 54.4. The number of benzene rings is 6. The molecule has 389 valence electrons. The number of halogens is 14. The van der Waals surface area contributed by atoms with Crippen LogP contribution < -0.4 is 13.6 Å². The molecule has 6 aromatic carbocycles. The zero-order chi connectivity index (χ0) is 53.9. The van der Waals surface area contributed by atoms with Gasteiger partial charge in [-0.25, -0.2) is 0 Å². The van der Waals surface area contributed by atoms with Gasteiger partial charge in [0.2, 0.25) is 0 Å². The van der Waals surface area contributed by atoms with Crippen LogP contribution in [0.1, 0.15) is 117 Å². The standard InChI is InChI=1S/2C23H21F6.C12H9Si.2ClH.Zr/c2*1-4-13(3)16-8-15-7-6-14(5-2)21(20(15)11-16)17-9-18(22(24,25)26)12-19(10-17)23(27,28)29;1-3-7-11-9(5-1)10-6-2-4-8-12(10)13-11;;;/h2*6-13H,4-5H2,1-3H3;1-7H,13H2;2*1H;/q;;;;;+2/p-2. The fourth-order valence-corrected chi connectivity index (χ4v) is 40.1. The molecule has 74 heavy (non-hydrogen) atoms. The van der Waals surface area contributed by atoms with E-state index < -0.39 is 80.1 Å². The molecule has 0 fully saturated rings. The molecule has 0 nitrogen and oxygen atoms in total. The van der Waals surface area contributed by atoms with Gasteiger partial charge in [-0.3, -0.25) is 0 Å². The summed E-state index contributed by atoms with van der Waals surface area (Å²) in [6, 6.07) is 24.2. The Hall–Kier alpha value is -4.36. The number of allylic oxidation sites excluding steroid dienone is 2. The molecule has 2 aliphatic carbocycles. The van der Waals surface area contributed by atoms with Gasteiger partial charge in [-0.1, -0.05) is 0 Å². The van der Waals surface area contributed by atoms with Gasteiger partial charge in [0.05, 0.1) is 0 Å². The summed E-state index contributed by atoms with van der Waals surface area (Å²) in [5.74, 6) is -0.620. The van der Waals surface area contributed by atoms with E-state index in [1.165, 1.54) is 0 Å². The Kier molecular flexibility index (Phi) is 14.0. The van der Waals surface area contributed by atoms with E-state index in [1.807, 2.05) is 88.4 Å². The molecule has 0 bridgehead atoms. The first-order chi connectivity index (χ1) is 34.6. The van der Waals surface area contributed by atoms with E-state index in [0.717, 1.165) is 56.9 Å². The molecule has 6 aromatic rings. The number of hydrogen-bond acceptors (Lipinski definition) is 0. The van der Waals surface area contributed by atoms with Crippen LogP contribution >= 0.6 is 17.0 Å². The van der Waals surface area contributed by atoms with Crippen LogP contribution in [0.4, 0.5) is 52.7 Å². The molecule has 0 saturated heterocycles. The predicted octanol–water partition coefficient (Wildman–Crippen LogP) is 17.3. The Morgan fingerprint density at radius 2 is 0.892 bits per heavy atom. The molecule has 1 aliphatic heterocycles. The van der Waals surface area contributed by atoms with E-state index in [-0.39, 0.29) is 59.1 Å². The Morgan fingerprint density at radius 3 is 1.27 bits per heavy atom. The van der Waals surface area contributed by atoms with Gasteiger partial charge in [0.25, 0.3) is 0 Å². The van der Waals surface area contributed by atoms with Gasteiger partial charge in [-0.15, -0.1) is 0 Å². The van der Waals surface area contributed by atoms with Crippen molar-refractivity contribution in [2.45, 2.75) is 99.2 Å². The first-order valence-corrected chi connectivity index (χ1v) is 36.5. The minimum atomic E-state index is -6.64. The molecule has 0 spiro atoms. The summed E-state index contributed by atoms with van der Waals surface area (Å²) in [7, 11) is 17.1. The summed E-state index contributed by atoms with van der Waals surface area (Å²) < 4.78 is 175. The van der Waals surface area contributed by atoms with Crippen LogP contribution in [-0.4, -0.2) is 9.52 Å². The zero-order valence-corrected chi connectivity index (χ0v) is 46.5. The number of aryl methyl sites for hydroxylation is 2. The molecule has 4 atom stereocenters. The fourth-order valence-electron chi connectivity index (χ4n) is 12.1. The Labute approximate surface area is 432 Å².